The molecule has 1 aliphatic rings. The molecule has 0 unspecified atom stereocenters. The molecule has 5 nitrogen and oxygen atoms in total. The number of H-pyrrole nitrogens is 1. The first-order valence-electron chi connectivity index (χ1n) is 13.4. The van der Waals surface area contributed by atoms with E-state index >= 15 is 4.39 Å². The molecule has 1 fully saturated rings. The third kappa shape index (κ3) is 5.98. The average Bonchev–Trinajstić information content (AvgIpc) is 3.57. The second kappa shape index (κ2) is 12.1. The minimum absolute atomic E-state index is 0.244. The summed E-state index contributed by atoms with van der Waals surface area (Å²) in [7, 11) is 0. The number of allylic oxidation sites excluding steroid dienone is 5. The molecule has 2 N–H and O–H groups in total. The largest absolute Gasteiger partial charge is 0.358 e. The standard InChI is InChI=1S/C32H33F2N5S/c1-5-9-25(30-10-11-31(34)40-30)20(2)21(3)36-22(4)32-27-15-26(28(33)16-29(27)37-38-32)24-14-23(17-35-18-24)19-39-12-7-6-8-13-39/h5,9-11,14-18,36H,1,4,6-8,12-13,19H2,2-3H3,(H,37,38)/b21-20+,25-9+. The minimum atomic E-state index is -0.340. The van der Waals surface area contributed by atoms with Crippen LogP contribution in [0.4, 0.5) is 8.78 Å². The third-order valence-corrected chi connectivity index (χ3v) is 8.23. The summed E-state index contributed by atoms with van der Waals surface area (Å²) in [6.07, 6.45) is 10.8. The lowest BCUT2D eigenvalue weighted by Crippen LogP contribution is -2.29. The van der Waals surface area contributed by atoms with Gasteiger partial charge in [-0.2, -0.15) is 9.49 Å². The van der Waals surface area contributed by atoms with E-state index in [0.717, 1.165) is 69.2 Å². The Labute approximate surface area is 237 Å². The Morgan fingerprint density at radius 3 is 2.65 bits per heavy atom. The summed E-state index contributed by atoms with van der Waals surface area (Å²) in [5.74, 6) is -0.340. The van der Waals surface area contributed by atoms with Gasteiger partial charge in [-0.05, 0) is 80.8 Å². The van der Waals surface area contributed by atoms with E-state index in [2.05, 4.69) is 38.6 Å². The van der Waals surface area contributed by atoms with E-state index in [0.29, 0.717) is 22.5 Å². The van der Waals surface area contributed by atoms with Gasteiger partial charge in [0.15, 0.2) is 5.13 Å². The third-order valence-electron chi connectivity index (χ3n) is 7.33. The van der Waals surface area contributed by atoms with E-state index in [-0.39, 0.29) is 10.9 Å². The summed E-state index contributed by atoms with van der Waals surface area (Å²) in [5, 5.41) is 11.2. The number of halogens is 2. The Morgan fingerprint density at radius 1 is 1.12 bits per heavy atom. The summed E-state index contributed by atoms with van der Waals surface area (Å²) in [4.78, 5) is 7.66. The highest BCUT2D eigenvalue weighted by molar-refractivity contribution is 7.11. The summed E-state index contributed by atoms with van der Waals surface area (Å²) in [6.45, 7) is 14.9. The number of aromatic nitrogens is 3. The number of pyridine rings is 1. The highest BCUT2D eigenvalue weighted by Gasteiger charge is 2.17. The van der Waals surface area contributed by atoms with Crippen LogP contribution in [0.5, 0.6) is 0 Å². The lowest BCUT2D eigenvalue weighted by molar-refractivity contribution is 0.220. The van der Waals surface area contributed by atoms with Crippen molar-refractivity contribution < 1.29 is 8.78 Å². The van der Waals surface area contributed by atoms with Crippen LogP contribution in [0.1, 0.15) is 49.2 Å². The number of piperidine rings is 1. The predicted molar refractivity (Wildman–Crippen MR) is 161 cm³/mol. The Bertz CT molecular complexity index is 1620. The van der Waals surface area contributed by atoms with Crippen molar-refractivity contribution in [1.29, 1.82) is 0 Å². The Morgan fingerprint density at radius 2 is 1.93 bits per heavy atom. The first-order chi connectivity index (χ1) is 19.3. The van der Waals surface area contributed by atoms with Gasteiger partial charge in [0.1, 0.15) is 11.5 Å². The van der Waals surface area contributed by atoms with Gasteiger partial charge in [-0.3, -0.25) is 15.0 Å². The molecule has 4 heterocycles. The Balaban J connectivity index is 1.42. The molecule has 1 aliphatic heterocycles. The zero-order valence-electron chi connectivity index (χ0n) is 22.9. The van der Waals surface area contributed by atoms with Gasteiger partial charge < -0.3 is 5.32 Å². The van der Waals surface area contributed by atoms with Crippen LogP contribution < -0.4 is 5.32 Å². The van der Waals surface area contributed by atoms with Crippen LogP contribution in [0.3, 0.4) is 0 Å². The van der Waals surface area contributed by atoms with E-state index in [1.807, 2.05) is 32.2 Å². The molecule has 206 valence electrons. The van der Waals surface area contributed by atoms with E-state index in [1.165, 1.54) is 31.4 Å². The fraction of sp³-hybridized carbons (Fsp3) is 0.250. The van der Waals surface area contributed by atoms with Gasteiger partial charge >= 0.3 is 0 Å². The molecule has 0 radical (unpaired) electrons. The van der Waals surface area contributed by atoms with Gasteiger partial charge in [0.25, 0.3) is 0 Å². The van der Waals surface area contributed by atoms with Crippen molar-refractivity contribution in [3.8, 4) is 11.1 Å². The monoisotopic (exact) mass is 557 g/mol. The molecule has 1 aromatic carbocycles. The summed E-state index contributed by atoms with van der Waals surface area (Å²) >= 11 is 1.08. The quantitative estimate of drug-likeness (QED) is 0.204. The van der Waals surface area contributed by atoms with Crippen LogP contribution in [0.15, 0.2) is 79.3 Å². The van der Waals surface area contributed by atoms with Crippen LogP contribution >= 0.6 is 11.3 Å². The van der Waals surface area contributed by atoms with Gasteiger partial charge in [0, 0.05) is 52.1 Å². The fourth-order valence-electron chi connectivity index (χ4n) is 5.14. The van der Waals surface area contributed by atoms with Crippen molar-refractivity contribution in [2.45, 2.75) is 39.7 Å². The zero-order chi connectivity index (χ0) is 28.2. The van der Waals surface area contributed by atoms with E-state index in [4.69, 9.17) is 0 Å². The molecular weight excluding hydrogens is 524 g/mol. The van der Waals surface area contributed by atoms with Gasteiger partial charge in [-0.1, -0.05) is 31.7 Å². The number of fused-ring (bicyclic) bond motifs is 1. The summed E-state index contributed by atoms with van der Waals surface area (Å²) in [5.41, 5.74) is 6.63. The van der Waals surface area contributed by atoms with Crippen molar-refractivity contribution in [2.24, 2.45) is 0 Å². The maximum absolute atomic E-state index is 15.3. The second-order valence-electron chi connectivity index (χ2n) is 10.1. The minimum Gasteiger partial charge on any atom is -0.358 e. The Kier molecular flexibility index (Phi) is 8.38. The lowest BCUT2D eigenvalue weighted by Gasteiger charge is -2.26. The van der Waals surface area contributed by atoms with E-state index in [9.17, 15) is 4.39 Å². The number of likely N-dealkylation sites (tertiary alicyclic amines) is 1. The van der Waals surface area contributed by atoms with E-state index < -0.39 is 0 Å². The normalized spacial score (nSPS) is 15.2. The molecule has 4 aromatic rings. The van der Waals surface area contributed by atoms with Crippen LogP contribution in [-0.4, -0.2) is 33.2 Å². The van der Waals surface area contributed by atoms with Gasteiger partial charge in [0.05, 0.1) is 11.2 Å². The molecule has 0 atom stereocenters. The van der Waals surface area contributed by atoms with Crippen LogP contribution in [0.25, 0.3) is 33.3 Å². The van der Waals surface area contributed by atoms with Crippen LogP contribution in [0.2, 0.25) is 0 Å². The SMILES string of the molecule is C=C/C=C(\C(C)=C(/C)NC(=C)c1n[nH]c2cc(F)c(-c3cncc(CN4CCCCC4)c3)cc12)c1ccc(F)s1. The average molecular weight is 558 g/mol. The molecule has 0 amide bonds. The van der Waals surface area contributed by atoms with E-state index in [1.54, 1.807) is 24.4 Å². The van der Waals surface area contributed by atoms with Gasteiger partial charge in [-0.25, -0.2) is 4.39 Å². The summed E-state index contributed by atoms with van der Waals surface area (Å²) < 4.78 is 29.0. The topological polar surface area (TPSA) is 56.8 Å². The van der Waals surface area contributed by atoms with Crippen molar-refractivity contribution in [3.05, 3.63) is 106 Å². The van der Waals surface area contributed by atoms with Crippen LogP contribution in [0, 0.1) is 10.9 Å². The molecule has 8 heteroatoms. The number of aromatic amines is 1. The number of rotatable bonds is 9. The maximum Gasteiger partial charge on any atom is 0.176 e. The highest BCUT2D eigenvalue weighted by Crippen LogP contribution is 2.33. The molecule has 40 heavy (non-hydrogen) atoms. The maximum atomic E-state index is 15.3. The zero-order valence-corrected chi connectivity index (χ0v) is 23.7. The molecular formula is C32H33F2N5S. The molecule has 0 spiro atoms. The van der Waals surface area contributed by atoms with Crippen molar-refractivity contribution >= 4 is 33.5 Å². The molecule has 5 rings (SSSR count). The molecule has 0 bridgehead atoms. The lowest BCUT2D eigenvalue weighted by atomic mass is 10.0. The number of nitrogens with one attached hydrogen (secondary N) is 2. The molecule has 0 saturated carbocycles. The number of hydrogen-bond acceptors (Lipinski definition) is 5. The number of benzene rings is 1. The van der Waals surface area contributed by atoms with Crippen molar-refractivity contribution in [2.75, 3.05) is 13.1 Å². The fourth-order valence-corrected chi connectivity index (χ4v) is 5.95. The van der Waals surface area contributed by atoms with Gasteiger partial charge in [-0.15, -0.1) is 11.3 Å². The van der Waals surface area contributed by atoms with Crippen LogP contribution in [-0.2, 0) is 6.54 Å². The first kappa shape index (κ1) is 27.7. The Hall–Kier alpha value is -3.88. The number of hydrogen-bond donors (Lipinski definition) is 2. The number of nitrogens with zero attached hydrogens (tertiary/aromatic N) is 3. The number of thiophene rings is 1. The molecule has 1 saturated heterocycles. The van der Waals surface area contributed by atoms with Gasteiger partial charge in [0.2, 0.25) is 0 Å². The molecule has 0 aliphatic carbocycles. The van der Waals surface area contributed by atoms with Crippen molar-refractivity contribution in [3.63, 3.8) is 0 Å². The second-order valence-corrected chi connectivity index (χ2v) is 11.2. The first-order valence-corrected chi connectivity index (χ1v) is 14.2. The summed E-state index contributed by atoms with van der Waals surface area (Å²) in [6, 6.07) is 8.51. The smallest absolute Gasteiger partial charge is 0.176 e. The molecule has 3 aromatic heterocycles. The van der Waals surface area contributed by atoms with Crippen molar-refractivity contribution in [1.82, 2.24) is 25.4 Å². The predicted octanol–water partition coefficient (Wildman–Crippen LogP) is 8.07. The highest BCUT2D eigenvalue weighted by atomic mass is 32.1.